The Kier molecular flexibility index (Phi) is 2.99. The molecule has 0 fully saturated rings. The minimum atomic E-state index is -0.248. The Labute approximate surface area is 120 Å². The fourth-order valence-electron chi connectivity index (χ4n) is 2.28. The number of halogens is 1. The average molecular weight is 289 g/mol. The number of anilines is 1. The van der Waals surface area contributed by atoms with Crippen LogP contribution in [-0.2, 0) is 14.1 Å². The molecule has 102 valence electrons. The molecule has 0 aliphatic carbocycles. The van der Waals surface area contributed by atoms with Crippen molar-refractivity contribution in [1.29, 1.82) is 0 Å². The van der Waals surface area contributed by atoms with Gasteiger partial charge in [-0.05, 0) is 6.07 Å². The van der Waals surface area contributed by atoms with E-state index >= 15 is 0 Å². The summed E-state index contributed by atoms with van der Waals surface area (Å²) in [4.78, 5) is 12.4. The van der Waals surface area contributed by atoms with Crippen LogP contribution in [0.5, 0.6) is 0 Å². The molecule has 1 amide bonds. The molecule has 2 heterocycles. The second-order valence-corrected chi connectivity index (χ2v) is 4.97. The molecule has 0 saturated carbocycles. The summed E-state index contributed by atoms with van der Waals surface area (Å²) in [5.41, 5.74) is 2.00. The fourth-order valence-corrected chi connectivity index (χ4v) is 2.65. The summed E-state index contributed by atoms with van der Waals surface area (Å²) in [6, 6.07) is 7.65. The number of aryl methyl sites for hydroxylation is 2. The van der Waals surface area contributed by atoms with Crippen LogP contribution in [0.4, 0.5) is 5.69 Å². The van der Waals surface area contributed by atoms with Gasteiger partial charge in [0.25, 0.3) is 5.91 Å². The van der Waals surface area contributed by atoms with Gasteiger partial charge < -0.3 is 9.88 Å². The Morgan fingerprint density at radius 2 is 2.05 bits per heavy atom. The number of nitrogens with zero attached hydrogens (tertiary/aromatic N) is 3. The zero-order chi connectivity index (χ0) is 14.3. The lowest BCUT2D eigenvalue weighted by Gasteiger charge is -2.05. The molecule has 0 aliphatic rings. The van der Waals surface area contributed by atoms with Crippen LogP contribution in [0.15, 0.2) is 36.7 Å². The van der Waals surface area contributed by atoms with Gasteiger partial charge >= 0.3 is 0 Å². The second kappa shape index (κ2) is 4.68. The third-order valence-electron chi connectivity index (χ3n) is 3.22. The van der Waals surface area contributed by atoms with Gasteiger partial charge in [0.15, 0.2) is 0 Å². The number of hydrogen-bond acceptors (Lipinski definition) is 2. The van der Waals surface area contributed by atoms with Crippen LogP contribution < -0.4 is 5.32 Å². The van der Waals surface area contributed by atoms with Crippen molar-refractivity contribution in [1.82, 2.24) is 14.3 Å². The SMILES string of the molecule is Cn1cc(NC(=O)c2c(Cl)c3ccccc3n2C)cn1. The fraction of sp³-hybridized carbons (Fsp3) is 0.143. The molecule has 0 aliphatic heterocycles. The zero-order valence-corrected chi connectivity index (χ0v) is 11.8. The monoisotopic (exact) mass is 288 g/mol. The summed E-state index contributed by atoms with van der Waals surface area (Å²) in [7, 11) is 3.62. The van der Waals surface area contributed by atoms with E-state index in [1.54, 1.807) is 28.7 Å². The summed E-state index contributed by atoms with van der Waals surface area (Å²) >= 11 is 6.33. The highest BCUT2D eigenvalue weighted by molar-refractivity contribution is 6.39. The number of carbonyl (C=O) groups is 1. The number of aromatic nitrogens is 3. The first-order valence-corrected chi connectivity index (χ1v) is 6.48. The minimum absolute atomic E-state index is 0.248. The van der Waals surface area contributed by atoms with E-state index in [-0.39, 0.29) is 5.91 Å². The molecule has 6 heteroatoms. The van der Waals surface area contributed by atoms with E-state index in [1.807, 2.05) is 31.3 Å². The van der Waals surface area contributed by atoms with Gasteiger partial charge in [-0.1, -0.05) is 29.8 Å². The van der Waals surface area contributed by atoms with Crippen molar-refractivity contribution < 1.29 is 4.79 Å². The quantitative estimate of drug-likeness (QED) is 0.788. The number of benzene rings is 1. The Bertz CT molecular complexity index is 764. The largest absolute Gasteiger partial charge is 0.338 e. The number of amides is 1. The molecule has 0 bridgehead atoms. The van der Waals surface area contributed by atoms with Crippen LogP contribution in [0.1, 0.15) is 10.5 Å². The maximum absolute atomic E-state index is 12.4. The molecule has 1 aromatic carbocycles. The summed E-state index contributed by atoms with van der Waals surface area (Å²) < 4.78 is 3.42. The van der Waals surface area contributed by atoms with Crippen LogP contribution in [0.2, 0.25) is 5.02 Å². The Morgan fingerprint density at radius 3 is 2.70 bits per heavy atom. The molecule has 0 saturated heterocycles. The lowest BCUT2D eigenvalue weighted by atomic mass is 10.2. The second-order valence-electron chi connectivity index (χ2n) is 4.60. The van der Waals surface area contributed by atoms with E-state index in [0.717, 1.165) is 10.9 Å². The Hall–Kier alpha value is -2.27. The van der Waals surface area contributed by atoms with Crippen molar-refractivity contribution in [3.63, 3.8) is 0 Å². The Balaban J connectivity index is 2.03. The first kappa shape index (κ1) is 12.7. The van der Waals surface area contributed by atoms with E-state index in [2.05, 4.69) is 10.4 Å². The predicted molar refractivity (Wildman–Crippen MR) is 79.1 cm³/mol. The summed E-state index contributed by atoms with van der Waals surface area (Å²) in [6.45, 7) is 0. The summed E-state index contributed by atoms with van der Waals surface area (Å²) in [5.74, 6) is -0.248. The Morgan fingerprint density at radius 1 is 1.30 bits per heavy atom. The van der Waals surface area contributed by atoms with Crippen molar-refractivity contribution in [2.75, 3.05) is 5.32 Å². The molecular weight excluding hydrogens is 276 g/mol. The van der Waals surface area contributed by atoms with Gasteiger partial charge in [0, 0.05) is 31.2 Å². The third-order valence-corrected chi connectivity index (χ3v) is 3.61. The van der Waals surface area contributed by atoms with Gasteiger partial charge in [-0.25, -0.2) is 0 Å². The number of nitrogens with one attached hydrogen (secondary N) is 1. The number of para-hydroxylation sites is 1. The number of fused-ring (bicyclic) bond motifs is 1. The maximum atomic E-state index is 12.4. The summed E-state index contributed by atoms with van der Waals surface area (Å²) in [5, 5.41) is 8.14. The van der Waals surface area contributed by atoms with Crippen molar-refractivity contribution in [3.05, 3.63) is 47.4 Å². The molecule has 0 spiro atoms. The van der Waals surface area contributed by atoms with E-state index in [9.17, 15) is 4.79 Å². The van der Waals surface area contributed by atoms with Crippen LogP contribution in [0.25, 0.3) is 10.9 Å². The normalized spacial score (nSPS) is 10.9. The summed E-state index contributed by atoms with van der Waals surface area (Å²) in [6.07, 6.45) is 3.32. The number of carbonyl (C=O) groups excluding carboxylic acids is 1. The predicted octanol–water partition coefficient (Wildman–Crippen LogP) is 2.82. The van der Waals surface area contributed by atoms with Crippen molar-refractivity contribution in [2.24, 2.45) is 14.1 Å². The molecule has 20 heavy (non-hydrogen) atoms. The number of hydrogen-bond donors (Lipinski definition) is 1. The first-order chi connectivity index (χ1) is 9.58. The molecule has 5 nitrogen and oxygen atoms in total. The third kappa shape index (κ3) is 1.96. The highest BCUT2D eigenvalue weighted by Gasteiger charge is 2.19. The molecule has 0 atom stereocenters. The molecular formula is C14H13ClN4O. The minimum Gasteiger partial charge on any atom is -0.338 e. The standard InChI is InChI=1S/C14H13ClN4O/c1-18-8-9(7-16-18)17-14(20)13-12(15)10-5-3-4-6-11(10)19(13)2/h3-8H,1-2H3,(H,17,20). The van der Waals surface area contributed by atoms with Crippen LogP contribution >= 0.6 is 11.6 Å². The topological polar surface area (TPSA) is 51.9 Å². The molecule has 2 aromatic heterocycles. The lowest BCUT2D eigenvalue weighted by Crippen LogP contribution is -2.15. The van der Waals surface area contributed by atoms with Gasteiger partial charge in [0.05, 0.1) is 16.9 Å². The molecule has 3 aromatic rings. The van der Waals surface area contributed by atoms with E-state index in [1.165, 1.54) is 0 Å². The van der Waals surface area contributed by atoms with Crippen molar-refractivity contribution in [3.8, 4) is 0 Å². The lowest BCUT2D eigenvalue weighted by molar-refractivity contribution is 0.102. The van der Waals surface area contributed by atoms with Gasteiger partial charge in [0.2, 0.25) is 0 Å². The van der Waals surface area contributed by atoms with E-state index in [0.29, 0.717) is 16.4 Å². The van der Waals surface area contributed by atoms with Gasteiger partial charge in [-0.15, -0.1) is 0 Å². The molecule has 3 rings (SSSR count). The van der Waals surface area contributed by atoms with Gasteiger partial charge in [-0.2, -0.15) is 5.10 Å². The molecule has 0 unspecified atom stereocenters. The van der Waals surface area contributed by atoms with Crippen LogP contribution in [0.3, 0.4) is 0 Å². The van der Waals surface area contributed by atoms with Crippen LogP contribution in [-0.4, -0.2) is 20.3 Å². The highest BCUT2D eigenvalue weighted by Crippen LogP contribution is 2.30. The zero-order valence-electron chi connectivity index (χ0n) is 11.1. The van der Waals surface area contributed by atoms with Crippen molar-refractivity contribution in [2.45, 2.75) is 0 Å². The maximum Gasteiger partial charge on any atom is 0.273 e. The highest BCUT2D eigenvalue weighted by atomic mass is 35.5. The molecule has 1 N–H and O–H groups in total. The van der Waals surface area contributed by atoms with Gasteiger partial charge in [-0.3, -0.25) is 9.48 Å². The average Bonchev–Trinajstić information content (AvgIpc) is 2.93. The van der Waals surface area contributed by atoms with Gasteiger partial charge in [0.1, 0.15) is 5.69 Å². The molecule has 0 radical (unpaired) electrons. The number of rotatable bonds is 2. The van der Waals surface area contributed by atoms with Crippen LogP contribution in [0, 0.1) is 0 Å². The first-order valence-electron chi connectivity index (χ1n) is 6.11. The van der Waals surface area contributed by atoms with E-state index in [4.69, 9.17) is 11.6 Å². The van der Waals surface area contributed by atoms with Crippen molar-refractivity contribution >= 4 is 34.1 Å². The van der Waals surface area contributed by atoms with E-state index < -0.39 is 0 Å². The smallest absolute Gasteiger partial charge is 0.273 e.